The van der Waals surface area contributed by atoms with Gasteiger partial charge in [-0.05, 0) is 36.4 Å². The summed E-state index contributed by atoms with van der Waals surface area (Å²) in [5, 5.41) is 4.04. The van der Waals surface area contributed by atoms with E-state index in [9.17, 15) is 4.79 Å². The maximum Gasteiger partial charge on any atom is 0.226 e. The molecule has 0 saturated carbocycles. The van der Waals surface area contributed by atoms with Crippen LogP contribution in [0.2, 0.25) is 0 Å². The maximum atomic E-state index is 12.3. The zero-order valence-corrected chi connectivity index (χ0v) is 13.5. The SMILES string of the molecule is O=C1C=C(Nc2ccc3[nH]cnc3c2)O/C1=C\c1c[nH]c2ncccc12. The number of aromatic amines is 2. The molecule has 126 valence electrons. The number of fused-ring (bicyclic) bond motifs is 2. The second-order valence-corrected chi connectivity index (χ2v) is 5.89. The van der Waals surface area contributed by atoms with Gasteiger partial charge in [0.1, 0.15) is 5.65 Å². The van der Waals surface area contributed by atoms with Gasteiger partial charge in [-0.3, -0.25) is 4.79 Å². The number of aromatic nitrogens is 4. The summed E-state index contributed by atoms with van der Waals surface area (Å²) < 4.78 is 5.69. The first-order valence-corrected chi connectivity index (χ1v) is 8.04. The van der Waals surface area contributed by atoms with Gasteiger partial charge in [-0.15, -0.1) is 0 Å². The molecule has 0 aliphatic carbocycles. The Morgan fingerprint density at radius 3 is 3.08 bits per heavy atom. The van der Waals surface area contributed by atoms with Gasteiger partial charge in [-0.2, -0.15) is 0 Å². The molecule has 7 nitrogen and oxygen atoms in total. The Bertz CT molecular complexity index is 1210. The summed E-state index contributed by atoms with van der Waals surface area (Å²) in [5.41, 5.74) is 4.19. The molecule has 26 heavy (non-hydrogen) atoms. The molecule has 3 N–H and O–H groups in total. The molecule has 0 saturated heterocycles. The lowest BCUT2D eigenvalue weighted by atomic mass is 10.2. The predicted molar refractivity (Wildman–Crippen MR) is 98.0 cm³/mol. The van der Waals surface area contributed by atoms with Crippen molar-refractivity contribution in [3.05, 3.63) is 72.3 Å². The van der Waals surface area contributed by atoms with Crippen molar-refractivity contribution in [3.63, 3.8) is 0 Å². The van der Waals surface area contributed by atoms with Crippen LogP contribution in [0.3, 0.4) is 0 Å². The lowest BCUT2D eigenvalue weighted by Crippen LogP contribution is -1.99. The number of anilines is 1. The van der Waals surface area contributed by atoms with E-state index in [1.165, 1.54) is 6.08 Å². The highest BCUT2D eigenvalue weighted by Crippen LogP contribution is 2.25. The smallest absolute Gasteiger partial charge is 0.226 e. The minimum atomic E-state index is -0.188. The van der Waals surface area contributed by atoms with Gasteiger partial charge in [0, 0.05) is 29.0 Å². The minimum Gasteiger partial charge on any atom is -0.437 e. The number of nitrogens with one attached hydrogen (secondary N) is 3. The van der Waals surface area contributed by atoms with Gasteiger partial charge in [0.15, 0.2) is 5.76 Å². The van der Waals surface area contributed by atoms with Crippen molar-refractivity contribution in [3.8, 4) is 0 Å². The highest BCUT2D eigenvalue weighted by atomic mass is 16.5. The summed E-state index contributed by atoms with van der Waals surface area (Å²) in [4.78, 5) is 26.8. The molecular formula is C19H13N5O2. The van der Waals surface area contributed by atoms with Crippen LogP contribution in [0.4, 0.5) is 5.69 Å². The molecule has 7 heteroatoms. The lowest BCUT2D eigenvalue weighted by molar-refractivity contribution is -0.112. The molecule has 1 aliphatic rings. The first kappa shape index (κ1) is 14.5. The van der Waals surface area contributed by atoms with E-state index in [2.05, 4.69) is 25.3 Å². The van der Waals surface area contributed by atoms with Crippen molar-refractivity contribution in [2.75, 3.05) is 5.32 Å². The number of H-pyrrole nitrogens is 2. The molecule has 0 bridgehead atoms. The number of hydrogen-bond donors (Lipinski definition) is 3. The van der Waals surface area contributed by atoms with E-state index in [0.29, 0.717) is 5.88 Å². The Hall–Kier alpha value is -3.87. The van der Waals surface area contributed by atoms with Crippen LogP contribution in [0.1, 0.15) is 5.56 Å². The number of carbonyl (C=O) groups is 1. The fourth-order valence-corrected chi connectivity index (χ4v) is 2.94. The Morgan fingerprint density at radius 1 is 1.15 bits per heavy atom. The molecule has 0 amide bonds. The normalized spacial score (nSPS) is 15.6. The molecule has 1 aliphatic heterocycles. The number of pyridine rings is 1. The van der Waals surface area contributed by atoms with Crippen molar-refractivity contribution in [1.29, 1.82) is 0 Å². The molecule has 4 heterocycles. The lowest BCUT2D eigenvalue weighted by Gasteiger charge is -2.07. The van der Waals surface area contributed by atoms with Gasteiger partial charge in [0.25, 0.3) is 0 Å². The Labute approximate surface area is 147 Å². The second-order valence-electron chi connectivity index (χ2n) is 5.89. The predicted octanol–water partition coefficient (Wildman–Crippen LogP) is 3.33. The van der Waals surface area contributed by atoms with Crippen molar-refractivity contribution < 1.29 is 9.53 Å². The average Bonchev–Trinajstić information content (AvgIpc) is 3.35. The Morgan fingerprint density at radius 2 is 2.12 bits per heavy atom. The number of ketones is 1. The van der Waals surface area contributed by atoms with E-state index in [0.717, 1.165) is 33.3 Å². The van der Waals surface area contributed by atoms with Crippen LogP contribution < -0.4 is 5.32 Å². The molecule has 3 aromatic heterocycles. The van der Waals surface area contributed by atoms with E-state index < -0.39 is 0 Å². The van der Waals surface area contributed by atoms with E-state index in [-0.39, 0.29) is 11.5 Å². The summed E-state index contributed by atoms with van der Waals surface area (Å²) in [5.74, 6) is 0.457. The second kappa shape index (κ2) is 5.59. The number of nitrogens with zero attached hydrogens (tertiary/aromatic N) is 2. The monoisotopic (exact) mass is 343 g/mol. The third-order valence-electron chi connectivity index (χ3n) is 4.18. The number of imidazole rings is 1. The summed E-state index contributed by atoms with van der Waals surface area (Å²) in [6.45, 7) is 0. The van der Waals surface area contributed by atoms with Crippen molar-refractivity contribution in [1.82, 2.24) is 19.9 Å². The van der Waals surface area contributed by atoms with Crippen molar-refractivity contribution >= 4 is 39.6 Å². The number of benzene rings is 1. The number of ether oxygens (including phenoxy) is 1. The van der Waals surface area contributed by atoms with Crippen molar-refractivity contribution in [2.45, 2.75) is 0 Å². The fourth-order valence-electron chi connectivity index (χ4n) is 2.94. The van der Waals surface area contributed by atoms with Crippen LogP contribution in [0, 0.1) is 0 Å². The van der Waals surface area contributed by atoms with E-state index in [4.69, 9.17) is 4.74 Å². The highest BCUT2D eigenvalue weighted by molar-refractivity contribution is 6.09. The van der Waals surface area contributed by atoms with Crippen LogP contribution >= 0.6 is 0 Å². The van der Waals surface area contributed by atoms with Gasteiger partial charge < -0.3 is 20.0 Å². The quantitative estimate of drug-likeness (QED) is 0.496. The van der Waals surface area contributed by atoms with Gasteiger partial charge in [0.05, 0.1) is 23.4 Å². The molecular weight excluding hydrogens is 330 g/mol. The fraction of sp³-hybridized carbons (Fsp3) is 0. The van der Waals surface area contributed by atoms with E-state index >= 15 is 0 Å². The van der Waals surface area contributed by atoms with E-state index in [1.54, 1.807) is 24.8 Å². The molecule has 0 fully saturated rings. The van der Waals surface area contributed by atoms with Gasteiger partial charge >= 0.3 is 0 Å². The molecule has 1 aromatic carbocycles. The van der Waals surface area contributed by atoms with Crippen LogP contribution in [0.25, 0.3) is 28.1 Å². The van der Waals surface area contributed by atoms with Crippen LogP contribution in [-0.2, 0) is 9.53 Å². The molecule has 5 rings (SSSR count). The third kappa shape index (κ3) is 2.42. The summed E-state index contributed by atoms with van der Waals surface area (Å²) in [6, 6.07) is 9.48. The topological polar surface area (TPSA) is 95.7 Å². The molecule has 0 atom stereocenters. The average molecular weight is 343 g/mol. The summed E-state index contributed by atoms with van der Waals surface area (Å²) >= 11 is 0. The van der Waals surface area contributed by atoms with Gasteiger partial charge in [0.2, 0.25) is 11.7 Å². The zero-order valence-electron chi connectivity index (χ0n) is 13.5. The minimum absolute atomic E-state index is 0.188. The first-order chi connectivity index (χ1) is 12.8. The zero-order chi connectivity index (χ0) is 17.5. The molecule has 0 unspecified atom stereocenters. The molecule has 0 spiro atoms. The van der Waals surface area contributed by atoms with Crippen molar-refractivity contribution in [2.24, 2.45) is 0 Å². The highest BCUT2D eigenvalue weighted by Gasteiger charge is 2.21. The molecule has 0 radical (unpaired) electrons. The van der Waals surface area contributed by atoms with Gasteiger partial charge in [-0.25, -0.2) is 9.97 Å². The largest absolute Gasteiger partial charge is 0.437 e. The number of hydrogen-bond acceptors (Lipinski definition) is 5. The van der Waals surface area contributed by atoms with Crippen LogP contribution in [0.15, 0.2) is 66.8 Å². The maximum absolute atomic E-state index is 12.3. The van der Waals surface area contributed by atoms with E-state index in [1.807, 2.05) is 30.3 Å². The number of rotatable bonds is 3. The summed E-state index contributed by atoms with van der Waals surface area (Å²) in [6.07, 6.45) is 8.31. The third-order valence-corrected chi connectivity index (χ3v) is 4.18. The Balaban J connectivity index is 1.40. The standard InChI is InChI=1S/C19H13N5O2/c25-16-8-18(24-12-3-4-14-15(7-12)23-10-22-14)26-17(16)6-11-9-21-19-13(11)2-1-5-20-19/h1-10,24H,(H,20,21)(H,22,23)/b17-6-. The summed E-state index contributed by atoms with van der Waals surface area (Å²) in [7, 11) is 0. The molecule has 4 aromatic rings. The first-order valence-electron chi connectivity index (χ1n) is 8.04. The van der Waals surface area contributed by atoms with Crippen LogP contribution in [-0.4, -0.2) is 25.7 Å². The number of allylic oxidation sites excluding steroid dienone is 1. The van der Waals surface area contributed by atoms with Crippen LogP contribution in [0.5, 0.6) is 0 Å². The van der Waals surface area contributed by atoms with Gasteiger partial charge in [-0.1, -0.05) is 0 Å². The Kier molecular flexibility index (Phi) is 3.11. The number of carbonyl (C=O) groups excluding carboxylic acids is 1.